The van der Waals surface area contributed by atoms with Gasteiger partial charge in [0.2, 0.25) is 5.82 Å². The number of aromatic carboxylic acids is 1. The standard InChI is InChI=1S/C22H27N5O4/c1-13-8-14(2)10-15(9-13)24-17-11-18(27(6,7)21(30)31-22(3,4)5)26-19(25-17)16(12-23-26)20(28)29/h8-12H,1-7H3,(H-,23,24,25,28,29)/p+1. The molecule has 3 rings (SSSR count). The van der Waals surface area contributed by atoms with Gasteiger partial charge in [-0.1, -0.05) is 6.07 Å². The summed E-state index contributed by atoms with van der Waals surface area (Å²) >= 11 is 0. The number of carbonyl (C=O) groups excluding carboxylic acids is 1. The Bertz CT molecular complexity index is 1150. The van der Waals surface area contributed by atoms with Crippen LogP contribution in [0.2, 0.25) is 0 Å². The van der Waals surface area contributed by atoms with Crippen molar-refractivity contribution in [2.75, 3.05) is 19.4 Å². The second kappa shape index (κ2) is 7.66. The molecule has 9 heteroatoms. The molecule has 2 aromatic heterocycles. The minimum absolute atomic E-state index is 0.0606. The van der Waals surface area contributed by atoms with E-state index in [1.54, 1.807) is 40.9 Å². The van der Waals surface area contributed by atoms with Crippen LogP contribution in [0.1, 0.15) is 42.3 Å². The lowest BCUT2D eigenvalue weighted by atomic mass is 10.1. The van der Waals surface area contributed by atoms with Gasteiger partial charge in [-0.2, -0.15) is 18.9 Å². The lowest BCUT2D eigenvalue weighted by Gasteiger charge is -2.29. The molecule has 0 aliphatic heterocycles. The molecule has 0 bridgehead atoms. The van der Waals surface area contributed by atoms with Crippen LogP contribution in [0.3, 0.4) is 0 Å². The summed E-state index contributed by atoms with van der Waals surface area (Å²) in [6.45, 7) is 9.34. The Morgan fingerprint density at radius 3 is 2.26 bits per heavy atom. The highest BCUT2D eigenvalue weighted by molar-refractivity contribution is 5.95. The molecule has 0 spiro atoms. The van der Waals surface area contributed by atoms with Crippen LogP contribution < -0.4 is 9.80 Å². The van der Waals surface area contributed by atoms with Crippen molar-refractivity contribution in [2.45, 2.75) is 40.2 Å². The number of carboxylic acids is 1. The number of aryl methyl sites for hydroxylation is 2. The molecule has 0 saturated heterocycles. The van der Waals surface area contributed by atoms with E-state index >= 15 is 0 Å². The number of hydrogen-bond acceptors (Lipinski definition) is 6. The van der Waals surface area contributed by atoms with Crippen LogP contribution in [0.15, 0.2) is 30.5 Å². The average molecular weight is 426 g/mol. The fourth-order valence-corrected chi connectivity index (χ4v) is 3.22. The Labute approximate surface area is 180 Å². The number of quaternary nitrogens is 1. The van der Waals surface area contributed by atoms with E-state index in [0.717, 1.165) is 16.8 Å². The third kappa shape index (κ3) is 4.66. The zero-order valence-electron chi connectivity index (χ0n) is 18.8. The Morgan fingerprint density at radius 1 is 1.10 bits per heavy atom. The summed E-state index contributed by atoms with van der Waals surface area (Å²) in [7, 11) is 3.32. The molecule has 0 radical (unpaired) electrons. The molecule has 2 N–H and O–H groups in total. The van der Waals surface area contributed by atoms with Gasteiger partial charge in [0.1, 0.15) is 17.0 Å². The van der Waals surface area contributed by atoms with Gasteiger partial charge in [-0.25, -0.2) is 9.78 Å². The van der Waals surface area contributed by atoms with E-state index in [1.165, 1.54) is 10.7 Å². The quantitative estimate of drug-likeness (QED) is 0.600. The van der Waals surface area contributed by atoms with E-state index in [4.69, 9.17) is 4.74 Å². The fourth-order valence-electron chi connectivity index (χ4n) is 3.22. The number of carbonyl (C=O) groups is 2. The first-order valence-corrected chi connectivity index (χ1v) is 9.83. The molecule has 0 atom stereocenters. The first kappa shape index (κ1) is 22.2. The van der Waals surface area contributed by atoms with Crippen molar-refractivity contribution in [1.29, 1.82) is 0 Å². The van der Waals surface area contributed by atoms with Crippen molar-refractivity contribution < 1.29 is 19.4 Å². The largest absolute Gasteiger partial charge is 0.522 e. The summed E-state index contributed by atoms with van der Waals surface area (Å²) in [6.07, 6.45) is 0.717. The van der Waals surface area contributed by atoms with Crippen LogP contribution in [-0.4, -0.2) is 51.5 Å². The van der Waals surface area contributed by atoms with Crippen molar-refractivity contribution in [3.8, 4) is 0 Å². The summed E-state index contributed by atoms with van der Waals surface area (Å²) in [5.74, 6) is -0.358. The average Bonchev–Trinajstić information content (AvgIpc) is 3.02. The summed E-state index contributed by atoms with van der Waals surface area (Å²) < 4.78 is 6.63. The van der Waals surface area contributed by atoms with Crippen LogP contribution in [0.5, 0.6) is 0 Å². The Kier molecular flexibility index (Phi) is 5.49. The number of aromatic nitrogens is 3. The molecular formula is C22H28N5O4+. The molecule has 9 nitrogen and oxygen atoms in total. The van der Waals surface area contributed by atoms with Gasteiger partial charge in [0.25, 0.3) is 0 Å². The number of benzene rings is 1. The van der Waals surface area contributed by atoms with Gasteiger partial charge >= 0.3 is 12.1 Å². The lowest BCUT2D eigenvalue weighted by molar-refractivity contribution is 0.0341. The zero-order valence-corrected chi connectivity index (χ0v) is 18.8. The topological polar surface area (TPSA) is 106 Å². The second-order valence-electron chi connectivity index (χ2n) is 9.03. The van der Waals surface area contributed by atoms with Gasteiger partial charge < -0.3 is 15.2 Å². The fraction of sp³-hybridized carbons (Fsp3) is 0.364. The first-order chi connectivity index (χ1) is 14.3. The molecule has 3 aromatic rings. The van der Waals surface area contributed by atoms with Crippen molar-refractivity contribution in [2.24, 2.45) is 0 Å². The molecular weight excluding hydrogens is 398 g/mol. The number of ether oxygens (including phenoxy) is 1. The second-order valence-corrected chi connectivity index (χ2v) is 9.03. The number of anilines is 2. The normalized spacial score (nSPS) is 12.1. The maximum absolute atomic E-state index is 13.0. The van der Waals surface area contributed by atoms with Gasteiger partial charge in [-0.05, 0) is 57.9 Å². The van der Waals surface area contributed by atoms with Gasteiger partial charge in [0, 0.05) is 5.69 Å². The minimum Gasteiger partial charge on any atom is -0.477 e. The van der Waals surface area contributed by atoms with Crippen LogP contribution in [-0.2, 0) is 4.74 Å². The van der Waals surface area contributed by atoms with E-state index in [-0.39, 0.29) is 15.7 Å². The smallest absolute Gasteiger partial charge is 0.477 e. The highest BCUT2D eigenvalue weighted by Crippen LogP contribution is 2.29. The third-order valence-electron chi connectivity index (χ3n) is 4.60. The van der Waals surface area contributed by atoms with Crippen LogP contribution >= 0.6 is 0 Å². The van der Waals surface area contributed by atoms with Crippen molar-refractivity contribution in [1.82, 2.24) is 19.1 Å². The third-order valence-corrected chi connectivity index (χ3v) is 4.60. The summed E-state index contributed by atoms with van der Waals surface area (Å²) in [6, 6.07) is 7.64. The van der Waals surface area contributed by atoms with E-state index in [2.05, 4.69) is 21.5 Å². The van der Waals surface area contributed by atoms with Crippen molar-refractivity contribution in [3.63, 3.8) is 0 Å². The molecule has 164 valence electrons. The lowest BCUT2D eigenvalue weighted by Crippen LogP contribution is -2.50. The number of rotatable bonds is 4. The molecule has 1 aromatic carbocycles. The number of fused-ring (bicyclic) bond motifs is 1. The van der Waals surface area contributed by atoms with E-state index in [9.17, 15) is 14.7 Å². The van der Waals surface area contributed by atoms with Crippen molar-refractivity contribution in [3.05, 3.63) is 47.2 Å². The Balaban J connectivity index is 2.18. The number of hydrogen-bond donors (Lipinski definition) is 2. The highest BCUT2D eigenvalue weighted by atomic mass is 16.6. The SMILES string of the molecule is Cc1cc(C)cc(Nc2cc([N+](C)(C)C(=O)OC(C)(C)C)n3ncc(C(=O)O)c3n2)c1. The molecule has 2 heterocycles. The van der Waals surface area contributed by atoms with E-state index in [1.807, 2.05) is 26.0 Å². The molecule has 0 fully saturated rings. The summed E-state index contributed by atoms with van der Waals surface area (Å²) in [5.41, 5.74) is 2.34. The van der Waals surface area contributed by atoms with Gasteiger partial charge in [0.05, 0.1) is 26.4 Å². The van der Waals surface area contributed by atoms with E-state index in [0.29, 0.717) is 11.6 Å². The van der Waals surface area contributed by atoms with Crippen LogP contribution in [0.4, 0.5) is 22.1 Å². The van der Waals surface area contributed by atoms with Gasteiger partial charge in [-0.15, -0.1) is 0 Å². The molecule has 0 saturated carbocycles. The number of nitrogens with one attached hydrogen (secondary N) is 1. The number of carboxylic acid groups (broad SMARTS) is 1. The maximum Gasteiger partial charge on any atom is 0.522 e. The van der Waals surface area contributed by atoms with Gasteiger partial charge in [0.15, 0.2) is 5.65 Å². The summed E-state index contributed by atoms with van der Waals surface area (Å²) in [5, 5.41) is 17.0. The Hall–Kier alpha value is -3.46. The minimum atomic E-state index is -1.15. The summed E-state index contributed by atoms with van der Waals surface area (Å²) in [4.78, 5) is 29.1. The number of amides is 1. The zero-order chi connectivity index (χ0) is 23.1. The van der Waals surface area contributed by atoms with Crippen LogP contribution in [0.25, 0.3) is 5.65 Å². The predicted molar refractivity (Wildman–Crippen MR) is 119 cm³/mol. The van der Waals surface area contributed by atoms with Crippen molar-refractivity contribution >= 4 is 35.0 Å². The maximum atomic E-state index is 13.0. The van der Waals surface area contributed by atoms with Gasteiger partial charge in [-0.3, -0.25) is 0 Å². The van der Waals surface area contributed by atoms with E-state index < -0.39 is 17.7 Å². The first-order valence-electron chi connectivity index (χ1n) is 9.83. The Morgan fingerprint density at radius 2 is 1.71 bits per heavy atom. The monoisotopic (exact) mass is 426 g/mol. The highest BCUT2D eigenvalue weighted by Gasteiger charge is 2.38. The molecule has 31 heavy (non-hydrogen) atoms. The predicted octanol–water partition coefficient (Wildman–Crippen LogP) is 4.29. The van der Waals surface area contributed by atoms with Crippen LogP contribution in [0, 0.1) is 13.8 Å². The molecule has 0 unspecified atom stereocenters. The number of nitrogens with zero attached hydrogens (tertiary/aromatic N) is 4. The molecule has 0 aliphatic rings. The molecule has 1 amide bonds. The molecule has 0 aliphatic carbocycles.